The third-order valence-electron chi connectivity index (χ3n) is 1.82. The largest absolute Gasteiger partial charge is 0.364 e. The van der Waals surface area contributed by atoms with E-state index in [4.69, 9.17) is 5.73 Å². The molecule has 0 aliphatic carbocycles. The maximum atomic E-state index is 12.1. The van der Waals surface area contributed by atoms with Crippen LogP contribution >= 0.6 is 0 Å². The highest BCUT2D eigenvalue weighted by Gasteiger charge is 2.10. The van der Waals surface area contributed by atoms with Gasteiger partial charge in [-0.1, -0.05) is 5.22 Å². The number of alkyl halides is 2. The van der Waals surface area contributed by atoms with Crippen molar-refractivity contribution in [3.05, 3.63) is 12.0 Å². The van der Waals surface area contributed by atoms with Crippen LogP contribution in [0.1, 0.15) is 10.5 Å². The first-order chi connectivity index (χ1) is 8.19. The molecule has 7 nitrogen and oxygen atoms in total. The van der Waals surface area contributed by atoms with Gasteiger partial charge in [-0.3, -0.25) is 9.80 Å². The minimum Gasteiger partial charge on any atom is -0.364 e. The van der Waals surface area contributed by atoms with E-state index in [1.54, 1.807) is 0 Å². The van der Waals surface area contributed by atoms with Gasteiger partial charge in [0.25, 0.3) is 5.91 Å². The van der Waals surface area contributed by atoms with Gasteiger partial charge in [0.2, 0.25) is 5.82 Å². The molecule has 94 valence electrons. The lowest BCUT2D eigenvalue weighted by atomic mass is 10.4. The van der Waals surface area contributed by atoms with Gasteiger partial charge in [0, 0.05) is 0 Å². The number of nitrogens with zero attached hydrogens (tertiary/aromatic N) is 4. The number of halogens is 2. The van der Waals surface area contributed by atoms with Gasteiger partial charge in [-0.05, 0) is 0 Å². The molecule has 1 rings (SSSR count). The maximum absolute atomic E-state index is 12.1. The van der Waals surface area contributed by atoms with E-state index in [-0.39, 0.29) is 24.6 Å². The van der Waals surface area contributed by atoms with E-state index in [9.17, 15) is 13.6 Å². The van der Waals surface area contributed by atoms with Crippen LogP contribution in [0.5, 0.6) is 0 Å². The lowest BCUT2D eigenvalue weighted by Gasteiger charge is -2.12. The van der Waals surface area contributed by atoms with E-state index in [1.807, 2.05) is 0 Å². The van der Waals surface area contributed by atoms with Gasteiger partial charge in [0.15, 0.2) is 5.69 Å². The van der Waals surface area contributed by atoms with Crippen molar-refractivity contribution in [2.45, 2.75) is 0 Å². The normalized spacial score (nSPS) is 10.9. The molecule has 0 fully saturated rings. The molecule has 1 amide bonds. The fraction of sp³-hybridized carbons (Fsp3) is 0.500. The molecule has 0 spiro atoms. The molecular formula is C8H12F2N6O. The van der Waals surface area contributed by atoms with E-state index in [1.165, 1.54) is 6.33 Å². The molecule has 0 unspecified atom stereocenters. The number of nitrogens with two attached hydrogens (primary N) is 1. The lowest BCUT2D eigenvalue weighted by molar-refractivity contribution is 0.0996. The van der Waals surface area contributed by atoms with Crippen LogP contribution < -0.4 is 5.73 Å². The fourth-order valence-electron chi connectivity index (χ4n) is 1.05. The van der Waals surface area contributed by atoms with E-state index >= 15 is 0 Å². The van der Waals surface area contributed by atoms with Gasteiger partial charge >= 0.3 is 0 Å². The zero-order chi connectivity index (χ0) is 12.7. The summed E-state index contributed by atoms with van der Waals surface area (Å²) in [5.74, 6) is -0.751. The molecule has 0 saturated carbocycles. The number of imidazole rings is 1. The number of carbonyl (C=O) groups is 1. The number of aromatic amines is 1. The summed E-state index contributed by atoms with van der Waals surface area (Å²) in [7, 11) is 0. The van der Waals surface area contributed by atoms with Crippen molar-refractivity contribution in [2.75, 3.05) is 26.4 Å². The second-order valence-corrected chi connectivity index (χ2v) is 2.99. The summed E-state index contributed by atoms with van der Waals surface area (Å²) in [5.41, 5.74) is 5.03. The van der Waals surface area contributed by atoms with Crippen molar-refractivity contribution in [1.82, 2.24) is 15.0 Å². The number of aromatic nitrogens is 2. The van der Waals surface area contributed by atoms with E-state index in [0.29, 0.717) is 0 Å². The highest BCUT2D eigenvalue weighted by Crippen LogP contribution is 2.13. The molecule has 0 aliphatic rings. The van der Waals surface area contributed by atoms with Crippen LogP contribution in [0, 0.1) is 0 Å². The van der Waals surface area contributed by atoms with Crippen LogP contribution in [0.4, 0.5) is 14.6 Å². The van der Waals surface area contributed by atoms with Gasteiger partial charge in [-0.15, -0.1) is 5.11 Å². The molecule has 0 saturated heterocycles. The zero-order valence-electron chi connectivity index (χ0n) is 8.94. The first kappa shape index (κ1) is 13.0. The van der Waals surface area contributed by atoms with E-state index in [2.05, 4.69) is 20.3 Å². The first-order valence-electron chi connectivity index (χ1n) is 4.80. The van der Waals surface area contributed by atoms with Gasteiger partial charge in [0.05, 0.1) is 19.4 Å². The quantitative estimate of drug-likeness (QED) is 0.548. The van der Waals surface area contributed by atoms with Crippen LogP contribution in [0.25, 0.3) is 0 Å². The Bertz CT molecular complexity index is 387. The van der Waals surface area contributed by atoms with Crippen LogP contribution in [0.15, 0.2) is 16.7 Å². The van der Waals surface area contributed by atoms with Crippen molar-refractivity contribution in [3.8, 4) is 0 Å². The highest BCUT2D eigenvalue weighted by atomic mass is 19.1. The predicted molar refractivity (Wildman–Crippen MR) is 55.1 cm³/mol. The molecule has 3 N–H and O–H groups in total. The topological polar surface area (TPSA) is 99.7 Å². The smallest absolute Gasteiger partial charge is 0.269 e. The molecule has 1 aromatic heterocycles. The number of amides is 1. The molecule has 1 heterocycles. The average Bonchev–Trinajstić information content (AvgIpc) is 2.74. The molecule has 0 aromatic carbocycles. The Morgan fingerprint density at radius 2 is 2.12 bits per heavy atom. The monoisotopic (exact) mass is 246 g/mol. The Balaban J connectivity index is 2.73. The molecule has 0 aliphatic heterocycles. The molecule has 0 bridgehead atoms. The first-order valence-corrected chi connectivity index (χ1v) is 4.80. The van der Waals surface area contributed by atoms with Crippen LogP contribution in [0.3, 0.4) is 0 Å². The minimum atomic E-state index is -0.737. The maximum Gasteiger partial charge on any atom is 0.269 e. The Hall–Kier alpha value is -2.06. The number of hydrogen-bond donors (Lipinski definition) is 2. The number of rotatable bonds is 7. The van der Waals surface area contributed by atoms with Crippen molar-refractivity contribution in [1.29, 1.82) is 0 Å². The number of H-pyrrole nitrogens is 1. The van der Waals surface area contributed by atoms with Crippen molar-refractivity contribution in [2.24, 2.45) is 16.1 Å². The standard InChI is InChI=1S/C8H12F2N6O/c9-1-3-16(4-2-10)15-14-8-6(7(11)17)12-5-13-8/h5H,1-4H2,(H2,11,17)(H,12,13)/b15-14+. The third kappa shape index (κ3) is 3.78. The van der Waals surface area contributed by atoms with Crippen LogP contribution in [-0.4, -0.2) is 47.3 Å². The average molecular weight is 246 g/mol. The Labute approximate surface area is 95.7 Å². The van der Waals surface area contributed by atoms with Gasteiger partial charge in [-0.2, -0.15) is 0 Å². The molecule has 1 aromatic rings. The molecular weight excluding hydrogens is 234 g/mol. The highest BCUT2D eigenvalue weighted by molar-refractivity contribution is 5.94. The van der Waals surface area contributed by atoms with Crippen molar-refractivity contribution >= 4 is 11.7 Å². The second kappa shape index (κ2) is 6.51. The molecule has 0 radical (unpaired) electrons. The Kier molecular flexibility index (Phi) is 4.98. The van der Waals surface area contributed by atoms with Gasteiger partial charge in [-0.25, -0.2) is 13.8 Å². The Morgan fingerprint density at radius 3 is 2.65 bits per heavy atom. The summed E-state index contributed by atoms with van der Waals surface area (Å²) in [4.78, 5) is 17.1. The lowest BCUT2D eigenvalue weighted by Crippen LogP contribution is -2.22. The van der Waals surface area contributed by atoms with Crippen molar-refractivity contribution < 1.29 is 13.6 Å². The van der Waals surface area contributed by atoms with Gasteiger partial charge in [0.1, 0.15) is 13.3 Å². The molecule has 0 atom stereocenters. The van der Waals surface area contributed by atoms with Crippen LogP contribution in [-0.2, 0) is 0 Å². The summed E-state index contributed by atoms with van der Waals surface area (Å²) in [5, 5.41) is 8.27. The number of hydrogen-bond acceptors (Lipinski definition) is 4. The molecule has 17 heavy (non-hydrogen) atoms. The molecule has 9 heteroatoms. The minimum absolute atomic E-state index is 0.00537. The van der Waals surface area contributed by atoms with Crippen LogP contribution in [0.2, 0.25) is 0 Å². The van der Waals surface area contributed by atoms with E-state index < -0.39 is 19.3 Å². The van der Waals surface area contributed by atoms with Gasteiger partial charge < -0.3 is 10.7 Å². The summed E-state index contributed by atoms with van der Waals surface area (Å²) in [6, 6.07) is 0. The fourth-order valence-corrected chi connectivity index (χ4v) is 1.05. The summed E-state index contributed by atoms with van der Waals surface area (Å²) >= 11 is 0. The number of primary amides is 1. The summed E-state index contributed by atoms with van der Waals surface area (Å²) < 4.78 is 24.2. The SMILES string of the molecule is NC(=O)c1[nH]cnc1/N=N/N(CCF)CCF. The summed E-state index contributed by atoms with van der Waals surface area (Å²) in [6.07, 6.45) is 1.23. The van der Waals surface area contributed by atoms with E-state index in [0.717, 1.165) is 5.01 Å². The second-order valence-electron chi connectivity index (χ2n) is 2.99. The Morgan fingerprint density at radius 1 is 1.47 bits per heavy atom. The predicted octanol–water partition coefficient (Wildman–Crippen LogP) is 0.748. The van der Waals surface area contributed by atoms with Crippen molar-refractivity contribution in [3.63, 3.8) is 0 Å². The summed E-state index contributed by atoms with van der Waals surface area (Å²) in [6.45, 7) is -1.52. The number of carbonyl (C=O) groups excluding carboxylic acids is 1. The zero-order valence-corrected chi connectivity index (χ0v) is 8.94. The number of nitrogens with one attached hydrogen (secondary N) is 1. The third-order valence-corrected chi connectivity index (χ3v) is 1.82.